The van der Waals surface area contributed by atoms with Crippen molar-refractivity contribution < 1.29 is 14.3 Å². The van der Waals surface area contributed by atoms with Crippen LogP contribution in [0, 0.1) is 0 Å². The van der Waals surface area contributed by atoms with E-state index in [1.807, 2.05) is 24.3 Å². The number of benzene rings is 3. The van der Waals surface area contributed by atoms with Crippen molar-refractivity contribution in [1.82, 2.24) is 0 Å². The summed E-state index contributed by atoms with van der Waals surface area (Å²) < 4.78 is 11.3. The van der Waals surface area contributed by atoms with Gasteiger partial charge in [0, 0.05) is 10.7 Å². The fraction of sp³-hybridized carbons (Fsp3) is 0.174. The van der Waals surface area contributed by atoms with Gasteiger partial charge in [0.1, 0.15) is 17.2 Å². The minimum absolute atomic E-state index is 0.0515. The Morgan fingerprint density at radius 3 is 1.96 bits per heavy atom. The summed E-state index contributed by atoms with van der Waals surface area (Å²) in [5.74, 6) is 2.27. The molecule has 144 valence electrons. The molecule has 0 spiro atoms. The summed E-state index contributed by atoms with van der Waals surface area (Å²) in [5.41, 5.74) is 1.91. The van der Waals surface area contributed by atoms with Crippen LogP contribution in [0.1, 0.15) is 25.3 Å². The first-order valence-corrected chi connectivity index (χ1v) is 9.43. The van der Waals surface area contributed by atoms with Gasteiger partial charge in [-0.05, 0) is 72.1 Å². The number of anilines is 1. The number of carbonyl (C=O) groups excluding carboxylic acids is 1. The first-order valence-electron chi connectivity index (χ1n) is 9.06. The smallest absolute Gasteiger partial charge is 0.262 e. The molecule has 0 radical (unpaired) electrons. The Hall–Kier alpha value is -2.98. The number of nitrogens with one attached hydrogen (secondary N) is 1. The van der Waals surface area contributed by atoms with Gasteiger partial charge in [-0.15, -0.1) is 0 Å². The van der Waals surface area contributed by atoms with Gasteiger partial charge in [0.15, 0.2) is 6.61 Å². The average molecular weight is 396 g/mol. The summed E-state index contributed by atoms with van der Waals surface area (Å²) in [6.07, 6.45) is 0. The molecule has 0 heterocycles. The molecular formula is C23H22ClNO3. The SMILES string of the molecule is CC(C)c1ccc(OCC(=O)Nc2ccc(Oc3ccc(Cl)cc3)cc2)cc1. The van der Waals surface area contributed by atoms with E-state index in [-0.39, 0.29) is 12.5 Å². The molecule has 1 N–H and O–H groups in total. The molecule has 3 aromatic rings. The number of hydrogen-bond acceptors (Lipinski definition) is 3. The van der Waals surface area contributed by atoms with E-state index in [4.69, 9.17) is 21.1 Å². The molecule has 0 aliphatic carbocycles. The fourth-order valence-electron chi connectivity index (χ4n) is 2.54. The van der Waals surface area contributed by atoms with Crippen LogP contribution in [0.3, 0.4) is 0 Å². The van der Waals surface area contributed by atoms with Gasteiger partial charge in [-0.2, -0.15) is 0 Å². The van der Waals surface area contributed by atoms with Gasteiger partial charge < -0.3 is 14.8 Å². The quantitative estimate of drug-likeness (QED) is 0.512. The van der Waals surface area contributed by atoms with Gasteiger partial charge in [-0.3, -0.25) is 4.79 Å². The number of halogens is 1. The lowest BCUT2D eigenvalue weighted by Crippen LogP contribution is -2.20. The highest BCUT2D eigenvalue weighted by Gasteiger charge is 2.06. The van der Waals surface area contributed by atoms with Crippen LogP contribution in [-0.2, 0) is 4.79 Å². The molecule has 1 amide bonds. The Balaban J connectivity index is 1.49. The third kappa shape index (κ3) is 5.76. The Morgan fingerprint density at radius 1 is 0.857 bits per heavy atom. The van der Waals surface area contributed by atoms with Crippen molar-refractivity contribution in [2.75, 3.05) is 11.9 Å². The molecule has 0 saturated carbocycles. The van der Waals surface area contributed by atoms with E-state index < -0.39 is 0 Å². The maximum atomic E-state index is 12.1. The Labute approximate surface area is 170 Å². The Bertz CT molecular complexity index is 904. The topological polar surface area (TPSA) is 47.6 Å². The molecule has 0 unspecified atom stereocenters. The molecule has 0 aromatic heterocycles. The number of carbonyl (C=O) groups is 1. The number of ether oxygens (including phenoxy) is 2. The van der Waals surface area contributed by atoms with Crippen molar-refractivity contribution in [1.29, 1.82) is 0 Å². The van der Waals surface area contributed by atoms with Crippen LogP contribution in [0.15, 0.2) is 72.8 Å². The van der Waals surface area contributed by atoms with Crippen LogP contribution in [-0.4, -0.2) is 12.5 Å². The van der Waals surface area contributed by atoms with Gasteiger partial charge in [0.2, 0.25) is 0 Å². The molecular weight excluding hydrogens is 374 g/mol. The van der Waals surface area contributed by atoms with E-state index in [0.29, 0.717) is 33.9 Å². The lowest BCUT2D eigenvalue weighted by Gasteiger charge is -2.10. The summed E-state index contributed by atoms with van der Waals surface area (Å²) in [7, 11) is 0. The maximum Gasteiger partial charge on any atom is 0.262 e. The summed E-state index contributed by atoms with van der Waals surface area (Å²) >= 11 is 5.86. The van der Waals surface area contributed by atoms with Gasteiger partial charge in [0.05, 0.1) is 0 Å². The minimum Gasteiger partial charge on any atom is -0.484 e. The molecule has 0 aliphatic rings. The van der Waals surface area contributed by atoms with Crippen molar-refractivity contribution in [2.24, 2.45) is 0 Å². The highest BCUT2D eigenvalue weighted by molar-refractivity contribution is 6.30. The molecule has 0 aliphatic heterocycles. The highest BCUT2D eigenvalue weighted by Crippen LogP contribution is 2.24. The van der Waals surface area contributed by atoms with Gasteiger partial charge >= 0.3 is 0 Å². The van der Waals surface area contributed by atoms with Crippen LogP contribution in [0.5, 0.6) is 17.2 Å². The second-order valence-electron chi connectivity index (χ2n) is 6.64. The zero-order valence-corrected chi connectivity index (χ0v) is 16.6. The van der Waals surface area contributed by atoms with Crippen LogP contribution in [0.2, 0.25) is 5.02 Å². The van der Waals surface area contributed by atoms with Crippen molar-refractivity contribution in [3.63, 3.8) is 0 Å². The lowest BCUT2D eigenvalue weighted by molar-refractivity contribution is -0.118. The van der Waals surface area contributed by atoms with Crippen LogP contribution < -0.4 is 14.8 Å². The van der Waals surface area contributed by atoms with Crippen molar-refractivity contribution in [3.05, 3.63) is 83.4 Å². The normalized spacial score (nSPS) is 10.6. The van der Waals surface area contributed by atoms with E-state index in [1.165, 1.54) is 5.56 Å². The predicted molar refractivity (Wildman–Crippen MR) is 113 cm³/mol. The second-order valence-corrected chi connectivity index (χ2v) is 7.08. The van der Waals surface area contributed by atoms with Crippen molar-refractivity contribution in [3.8, 4) is 17.2 Å². The minimum atomic E-state index is -0.223. The molecule has 0 atom stereocenters. The molecule has 3 rings (SSSR count). The first-order chi connectivity index (χ1) is 13.5. The number of hydrogen-bond donors (Lipinski definition) is 1. The van der Waals surface area contributed by atoms with E-state index >= 15 is 0 Å². The largest absolute Gasteiger partial charge is 0.484 e. The third-order valence-electron chi connectivity index (χ3n) is 4.10. The van der Waals surface area contributed by atoms with Crippen LogP contribution in [0.25, 0.3) is 0 Å². The fourth-order valence-corrected chi connectivity index (χ4v) is 2.67. The molecule has 0 bridgehead atoms. The van der Waals surface area contributed by atoms with E-state index in [0.717, 1.165) is 0 Å². The zero-order chi connectivity index (χ0) is 19.9. The second kappa shape index (κ2) is 9.29. The molecule has 0 fully saturated rings. The third-order valence-corrected chi connectivity index (χ3v) is 4.36. The Kier molecular flexibility index (Phi) is 6.56. The molecule has 28 heavy (non-hydrogen) atoms. The summed E-state index contributed by atoms with van der Waals surface area (Å²) in [6, 6.07) is 22.0. The predicted octanol–water partition coefficient (Wildman–Crippen LogP) is 6.27. The zero-order valence-electron chi connectivity index (χ0n) is 15.8. The van der Waals surface area contributed by atoms with Gasteiger partial charge in [0.25, 0.3) is 5.91 Å². The standard InChI is InChI=1S/C23H22ClNO3/c1-16(2)17-3-9-20(10-4-17)27-15-23(26)25-19-7-13-22(14-8-19)28-21-11-5-18(24)6-12-21/h3-14,16H,15H2,1-2H3,(H,25,26). The van der Waals surface area contributed by atoms with E-state index in [2.05, 4.69) is 19.2 Å². The monoisotopic (exact) mass is 395 g/mol. The number of amides is 1. The lowest BCUT2D eigenvalue weighted by atomic mass is 10.0. The van der Waals surface area contributed by atoms with Crippen molar-refractivity contribution >= 4 is 23.2 Å². The average Bonchev–Trinajstić information content (AvgIpc) is 2.70. The Morgan fingerprint density at radius 2 is 1.39 bits per heavy atom. The van der Waals surface area contributed by atoms with Crippen molar-refractivity contribution in [2.45, 2.75) is 19.8 Å². The maximum absolute atomic E-state index is 12.1. The van der Waals surface area contributed by atoms with Gasteiger partial charge in [-0.1, -0.05) is 37.6 Å². The highest BCUT2D eigenvalue weighted by atomic mass is 35.5. The summed E-state index contributed by atoms with van der Waals surface area (Å²) in [6.45, 7) is 4.22. The van der Waals surface area contributed by atoms with Gasteiger partial charge in [-0.25, -0.2) is 0 Å². The molecule has 0 saturated heterocycles. The number of rotatable bonds is 7. The van der Waals surface area contributed by atoms with E-state index in [1.54, 1.807) is 48.5 Å². The molecule has 3 aromatic carbocycles. The van der Waals surface area contributed by atoms with Crippen LogP contribution in [0.4, 0.5) is 5.69 Å². The molecule has 4 nitrogen and oxygen atoms in total. The summed E-state index contributed by atoms with van der Waals surface area (Å²) in [4.78, 5) is 12.1. The van der Waals surface area contributed by atoms with Crippen LogP contribution >= 0.6 is 11.6 Å². The van der Waals surface area contributed by atoms with E-state index in [9.17, 15) is 4.79 Å². The molecule has 5 heteroatoms. The first kappa shape index (κ1) is 19.8. The summed E-state index contributed by atoms with van der Waals surface area (Å²) in [5, 5.41) is 3.46.